The lowest BCUT2D eigenvalue weighted by atomic mass is 10.2. The molecule has 0 bridgehead atoms. The van der Waals surface area contributed by atoms with Gasteiger partial charge in [0.2, 0.25) is 0 Å². The van der Waals surface area contributed by atoms with E-state index in [-0.39, 0.29) is 6.04 Å². The fourth-order valence-corrected chi connectivity index (χ4v) is 1.93. The molecule has 1 unspecified atom stereocenters. The number of nitrogens with zero attached hydrogens (tertiary/aromatic N) is 2. The maximum absolute atomic E-state index is 11.7. The molecular formula is C13H18N4O2. The number of nitrogens with two attached hydrogens (primary N) is 1. The second-order valence-electron chi connectivity index (χ2n) is 4.48. The van der Waals surface area contributed by atoms with Crippen LogP contribution in [0.2, 0.25) is 0 Å². The number of hydrogen-bond acceptors (Lipinski definition) is 5. The predicted octanol–water partition coefficient (Wildman–Crippen LogP) is 0.853. The topological polar surface area (TPSA) is 81.6 Å². The van der Waals surface area contributed by atoms with Gasteiger partial charge in [-0.25, -0.2) is 9.78 Å². The van der Waals surface area contributed by atoms with Gasteiger partial charge in [0.25, 0.3) is 0 Å². The van der Waals surface area contributed by atoms with E-state index in [1.807, 2.05) is 18.4 Å². The predicted molar refractivity (Wildman–Crippen MR) is 73.2 cm³/mol. The molecule has 0 saturated carbocycles. The van der Waals surface area contributed by atoms with Gasteiger partial charge in [0.1, 0.15) is 5.82 Å². The molecule has 0 aliphatic carbocycles. The highest BCUT2D eigenvalue weighted by molar-refractivity contribution is 5.95. The first-order valence-corrected chi connectivity index (χ1v) is 6.08. The standard InChI is InChI=1S/C13H18N4O2/c1-8(15-2)6-11-16-12(13(18)19-3)10-5-4-9(14)7-17(10)11/h4-5,7-8,15H,6,14H2,1-3H3. The number of nitrogens with one attached hydrogen (secondary N) is 1. The zero-order valence-electron chi connectivity index (χ0n) is 11.3. The SMILES string of the molecule is CNC(C)Cc1nc(C(=O)OC)c2ccc(N)cn12. The summed E-state index contributed by atoms with van der Waals surface area (Å²) in [4.78, 5) is 16.1. The molecule has 0 radical (unpaired) electrons. The van der Waals surface area contributed by atoms with Crippen LogP contribution in [0.4, 0.5) is 5.69 Å². The van der Waals surface area contributed by atoms with Gasteiger partial charge in [0.15, 0.2) is 5.69 Å². The van der Waals surface area contributed by atoms with Crippen LogP contribution in [0.25, 0.3) is 5.52 Å². The average Bonchev–Trinajstić information content (AvgIpc) is 2.76. The van der Waals surface area contributed by atoms with Gasteiger partial charge in [0, 0.05) is 24.3 Å². The second-order valence-corrected chi connectivity index (χ2v) is 4.48. The van der Waals surface area contributed by atoms with Crippen molar-refractivity contribution in [3.05, 3.63) is 29.8 Å². The van der Waals surface area contributed by atoms with Crippen LogP contribution in [0.5, 0.6) is 0 Å². The zero-order valence-corrected chi connectivity index (χ0v) is 11.3. The van der Waals surface area contributed by atoms with Crippen LogP contribution in [-0.4, -0.2) is 35.6 Å². The monoisotopic (exact) mass is 262 g/mol. The highest BCUT2D eigenvalue weighted by Crippen LogP contribution is 2.17. The Labute approximate surface area is 111 Å². The number of carbonyl (C=O) groups is 1. The molecule has 2 aromatic rings. The Morgan fingerprint density at radius 3 is 2.95 bits per heavy atom. The number of rotatable bonds is 4. The number of likely N-dealkylation sites (N-methyl/N-ethyl adjacent to an activating group) is 1. The lowest BCUT2D eigenvalue weighted by Gasteiger charge is -2.08. The molecule has 6 heteroatoms. The molecule has 1 atom stereocenters. The van der Waals surface area contributed by atoms with Crippen LogP contribution in [0.3, 0.4) is 0 Å². The quantitative estimate of drug-likeness (QED) is 0.798. The van der Waals surface area contributed by atoms with Gasteiger partial charge in [-0.1, -0.05) is 0 Å². The Morgan fingerprint density at radius 2 is 2.32 bits per heavy atom. The Balaban J connectivity index is 2.56. The third-order valence-corrected chi connectivity index (χ3v) is 3.09. The van der Waals surface area contributed by atoms with Crippen molar-refractivity contribution in [2.75, 3.05) is 19.9 Å². The Kier molecular flexibility index (Phi) is 3.71. The molecule has 6 nitrogen and oxygen atoms in total. The normalized spacial score (nSPS) is 12.6. The summed E-state index contributed by atoms with van der Waals surface area (Å²) < 4.78 is 6.60. The van der Waals surface area contributed by atoms with Gasteiger partial charge in [-0.05, 0) is 26.1 Å². The number of ether oxygens (including phenoxy) is 1. The number of pyridine rings is 1. The fraction of sp³-hybridized carbons (Fsp3) is 0.385. The second kappa shape index (κ2) is 5.27. The molecule has 0 aliphatic rings. The maximum Gasteiger partial charge on any atom is 0.358 e. The van der Waals surface area contributed by atoms with E-state index < -0.39 is 5.97 Å². The van der Waals surface area contributed by atoms with Crippen molar-refractivity contribution in [1.29, 1.82) is 0 Å². The van der Waals surface area contributed by atoms with Gasteiger partial charge in [-0.15, -0.1) is 0 Å². The van der Waals surface area contributed by atoms with Crippen LogP contribution < -0.4 is 11.1 Å². The molecule has 0 fully saturated rings. The van der Waals surface area contributed by atoms with Crippen LogP contribution in [-0.2, 0) is 11.2 Å². The first-order valence-electron chi connectivity index (χ1n) is 6.08. The minimum atomic E-state index is -0.439. The van der Waals surface area contributed by atoms with Crippen molar-refractivity contribution >= 4 is 17.2 Å². The van der Waals surface area contributed by atoms with Crippen molar-refractivity contribution in [3.63, 3.8) is 0 Å². The van der Waals surface area contributed by atoms with Gasteiger partial charge >= 0.3 is 5.97 Å². The summed E-state index contributed by atoms with van der Waals surface area (Å²) in [7, 11) is 3.23. The number of anilines is 1. The van der Waals surface area contributed by atoms with Crippen LogP contribution in [0.15, 0.2) is 18.3 Å². The molecule has 0 aliphatic heterocycles. The molecule has 3 N–H and O–H groups in total. The summed E-state index contributed by atoms with van der Waals surface area (Å²) in [5.74, 6) is 0.343. The lowest BCUT2D eigenvalue weighted by Crippen LogP contribution is -2.24. The van der Waals surface area contributed by atoms with Gasteiger partial charge in [-0.2, -0.15) is 0 Å². The van der Waals surface area contributed by atoms with Gasteiger partial charge in [0.05, 0.1) is 12.6 Å². The van der Waals surface area contributed by atoms with E-state index in [2.05, 4.69) is 10.3 Å². The van der Waals surface area contributed by atoms with Crippen molar-refractivity contribution in [1.82, 2.24) is 14.7 Å². The minimum Gasteiger partial charge on any atom is -0.464 e. The van der Waals surface area contributed by atoms with Crippen LogP contribution >= 0.6 is 0 Å². The van der Waals surface area contributed by atoms with Crippen LogP contribution in [0.1, 0.15) is 23.2 Å². The molecule has 0 amide bonds. The number of esters is 1. The highest BCUT2D eigenvalue weighted by Gasteiger charge is 2.18. The molecule has 19 heavy (non-hydrogen) atoms. The minimum absolute atomic E-state index is 0.248. The summed E-state index contributed by atoms with van der Waals surface area (Å²) in [6.45, 7) is 2.05. The van der Waals surface area contributed by atoms with Gasteiger partial charge < -0.3 is 20.2 Å². The van der Waals surface area contributed by atoms with E-state index in [1.165, 1.54) is 7.11 Å². The number of hydrogen-bond donors (Lipinski definition) is 2. The van der Waals surface area contributed by atoms with E-state index in [9.17, 15) is 4.79 Å². The summed E-state index contributed by atoms with van der Waals surface area (Å²) in [5, 5.41) is 3.14. The molecular weight excluding hydrogens is 244 g/mol. The average molecular weight is 262 g/mol. The largest absolute Gasteiger partial charge is 0.464 e. The van der Waals surface area contributed by atoms with E-state index >= 15 is 0 Å². The van der Waals surface area contributed by atoms with E-state index in [0.717, 1.165) is 5.82 Å². The highest BCUT2D eigenvalue weighted by atomic mass is 16.5. The fourth-order valence-electron chi connectivity index (χ4n) is 1.93. The number of imidazole rings is 1. The molecule has 0 spiro atoms. The molecule has 0 aromatic carbocycles. The molecule has 2 heterocycles. The van der Waals surface area contributed by atoms with Crippen molar-refractivity contribution in [2.45, 2.75) is 19.4 Å². The van der Waals surface area contributed by atoms with Crippen LogP contribution in [0, 0.1) is 0 Å². The molecule has 102 valence electrons. The van der Waals surface area contributed by atoms with Crippen molar-refractivity contribution in [3.8, 4) is 0 Å². The van der Waals surface area contributed by atoms with E-state index in [1.54, 1.807) is 18.3 Å². The Morgan fingerprint density at radius 1 is 1.58 bits per heavy atom. The van der Waals surface area contributed by atoms with E-state index in [0.29, 0.717) is 23.3 Å². The summed E-state index contributed by atoms with van der Waals surface area (Å²) in [5.41, 5.74) is 7.45. The molecule has 0 saturated heterocycles. The summed E-state index contributed by atoms with van der Waals surface area (Å²) in [6, 6.07) is 3.77. The first kappa shape index (κ1) is 13.4. The van der Waals surface area contributed by atoms with E-state index in [4.69, 9.17) is 10.5 Å². The number of nitrogen functional groups attached to an aromatic ring is 1. The number of methoxy groups -OCH3 is 1. The number of carbonyl (C=O) groups excluding carboxylic acids is 1. The van der Waals surface area contributed by atoms with Crippen molar-refractivity contribution in [2.24, 2.45) is 0 Å². The number of fused-ring (bicyclic) bond motifs is 1. The summed E-state index contributed by atoms with van der Waals surface area (Å²) >= 11 is 0. The summed E-state index contributed by atoms with van der Waals surface area (Å²) in [6.07, 6.45) is 2.46. The zero-order chi connectivity index (χ0) is 14.0. The van der Waals surface area contributed by atoms with Gasteiger partial charge in [-0.3, -0.25) is 0 Å². The maximum atomic E-state index is 11.7. The third-order valence-electron chi connectivity index (χ3n) is 3.09. The molecule has 2 aromatic heterocycles. The Hall–Kier alpha value is -2.08. The molecule has 2 rings (SSSR count). The first-order chi connectivity index (χ1) is 9.06. The lowest BCUT2D eigenvalue weighted by molar-refractivity contribution is 0.0596. The number of aromatic nitrogens is 2. The third kappa shape index (κ3) is 2.53. The van der Waals surface area contributed by atoms with Crippen molar-refractivity contribution < 1.29 is 9.53 Å². The Bertz CT molecular complexity index is 606. The smallest absolute Gasteiger partial charge is 0.358 e.